The second-order valence-corrected chi connectivity index (χ2v) is 8.55. The molecule has 1 saturated heterocycles. The summed E-state index contributed by atoms with van der Waals surface area (Å²) in [5.41, 5.74) is 4.24. The van der Waals surface area contributed by atoms with Crippen LogP contribution in [0, 0.1) is 5.92 Å². The van der Waals surface area contributed by atoms with Gasteiger partial charge in [-0.25, -0.2) is 10.2 Å². The van der Waals surface area contributed by atoms with Crippen LogP contribution in [0.25, 0.3) is 10.4 Å². The fourth-order valence-corrected chi connectivity index (χ4v) is 4.50. The zero-order chi connectivity index (χ0) is 21.8. The fraction of sp³-hybridized carbons (Fsp3) is 0.350. The van der Waals surface area contributed by atoms with Crippen LogP contribution in [-0.2, 0) is 9.53 Å². The van der Waals surface area contributed by atoms with Crippen LogP contribution < -0.4 is 5.43 Å². The Kier molecular flexibility index (Phi) is 7.23. The zero-order valence-corrected chi connectivity index (χ0v) is 18.8. The molecule has 160 valence electrons. The molecule has 0 bridgehead atoms. The summed E-state index contributed by atoms with van der Waals surface area (Å²) in [7, 11) is 1.37. The molecule has 1 aromatic heterocycles. The van der Waals surface area contributed by atoms with E-state index in [9.17, 15) is 14.7 Å². The van der Waals surface area contributed by atoms with Gasteiger partial charge in [0.15, 0.2) is 0 Å². The Bertz CT molecular complexity index is 984. The van der Waals surface area contributed by atoms with Crippen LogP contribution in [0.2, 0.25) is 10.0 Å². The van der Waals surface area contributed by atoms with Crippen molar-refractivity contribution in [1.29, 1.82) is 0 Å². The van der Waals surface area contributed by atoms with E-state index in [-0.39, 0.29) is 23.7 Å². The van der Waals surface area contributed by atoms with Crippen molar-refractivity contribution in [2.75, 3.05) is 20.2 Å². The van der Waals surface area contributed by atoms with Crippen LogP contribution >= 0.6 is 34.5 Å². The minimum atomic E-state index is -0.350. The van der Waals surface area contributed by atoms with E-state index in [0.29, 0.717) is 52.1 Å². The number of hydrazone groups is 1. The summed E-state index contributed by atoms with van der Waals surface area (Å²) in [4.78, 5) is 26.2. The Morgan fingerprint density at radius 3 is 2.60 bits per heavy atom. The number of esters is 1. The number of likely N-dealkylation sites (tertiary alicyclic amines) is 1. The predicted molar refractivity (Wildman–Crippen MR) is 118 cm³/mol. The summed E-state index contributed by atoms with van der Waals surface area (Å²) >= 11 is 13.4. The van der Waals surface area contributed by atoms with Crippen molar-refractivity contribution in [3.8, 4) is 16.2 Å². The van der Waals surface area contributed by atoms with Gasteiger partial charge in [0.25, 0.3) is 0 Å². The summed E-state index contributed by atoms with van der Waals surface area (Å²) < 4.78 is 4.75. The highest BCUT2D eigenvalue weighted by molar-refractivity contribution is 7.14. The van der Waals surface area contributed by atoms with E-state index in [1.807, 2.05) is 0 Å². The maximum absolute atomic E-state index is 12.4. The number of aromatic hydroxyl groups is 1. The largest absolute Gasteiger partial charge is 0.506 e. The predicted octanol–water partition coefficient (Wildman–Crippen LogP) is 4.75. The molecule has 2 aromatic rings. The van der Waals surface area contributed by atoms with Gasteiger partial charge in [0.2, 0.25) is 0 Å². The number of hydrogen-bond donors (Lipinski definition) is 2. The number of amides is 2. The van der Waals surface area contributed by atoms with Crippen molar-refractivity contribution in [3.63, 3.8) is 0 Å². The number of benzene rings is 1. The number of thiophene rings is 1. The average Bonchev–Trinajstić information content (AvgIpc) is 3.14. The van der Waals surface area contributed by atoms with Gasteiger partial charge in [0.1, 0.15) is 5.75 Å². The number of halogens is 2. The number of urea groups is 1. The molecule has 1 fully saturated rings. The van der Waals surface area contributed by atoms with E-state index in [1.165, 1.54) is 18.4 Å². The quantitative estimate of drug-likeness (QED) is 0.384. The number of nitrogens with zero attached hydrogens (tertiary/aromatic N) is 2. The van der Waals surface area contributed by atoms with Crippen LogP contribution in [-0.4, -0.2) is 47.9 Å². The Labute approximate surface area is 188 Å². The summed E-state index contributed by atoms with van der Waals surface area (Å²) in [5.74, 6) is -0.353. The molecular weight excluding hydrogens is 449 g/mol. The molecule has 0 spiro atoms. The van der Waals surface area contributed by atoms with Gasteiger partial charge in [-0.1, -0.05) is 29.3 Å². The van der Waals surface area contributed by atoms with Gasteiger partial charge < -0.3 is 14.7 Å². The molecule has 0 radical (unpaired) electrons. The van der Waals surface area contributed by atoms with Crippen molar-refractivity contribution in [2.24, 2.45) is 11.0 Å². The first-order valence-electron chi connectivity index (χ1n) is 9.25. The van der Waals surface area contributed by atoms with Gasteiger partial charge >= 0.3 is 12.0 Å². The molecular formula is C20H21Cl2N3O4S. The number of piperidine rings is 1. The molecule has 0 unspecified atom stereocenters. The van der Waals surface area contributed by atoms with Crippen molar-refractivity contribution in [3.05, 3.63) is 39.2 Å². The Balaban J connectivity index is 1.65. The van der Waals surface area contributed by atoms with Crippen molar-refractivity contribution in [2.45, 2.75) is 19.8 Å². The van der Waals surface area contributed by atoms with Gasteiger partial charge in [-0.2, -0.15) is 5.10 Å². The zero-order valence-electron chi connectivity index (χ0n) is 16.4. The molecule has 1 aliphatic heterocycles. The van der Waals surface area contributed by atoms with Crippen LogP contribution in [0.5, 0.6) is 5.75 Å². The molecule has 0 aliphatic carbocycles. The summed E-state index contributed by atoms with van der Waals surface area (Å²) in [6, 6.07) is 4.78. The molecule has 2 heterocycles. The molecule has 1 aliphatic rings. The first-order valence-corrected chi connectivity index (χ1v) is 10.9. The molecule has 10 heteroatoms. The van der Waals surface area contributed by atoms with Crippen LogP contribution in [0.3, 0.4) is 0 Å². The third-order valence-electron chi connectivity index (χ3n) is 4.97. The number of carbonyl (C=O) groups excluding carboxylic acids is 2. The Morgan fingerprint density at radius 2 is 1.97 bits per heavy atom. The van der Waals surface area contributed by atoms with Crippen LogP contribution in [0.1, 0.15) is 25.3 Å². The minimum Gasteiger partial charge on any atom is -0.506 e. The molecule has 7 nitrogen and oxygen atoms in total. The topological polar surface area (TPSA) is 91.2 Å². The Morgan fingerprint density at radius 1 is 1.27 bits per heavy atom. The highest BCUT2D eigenvalue weighted by Crippen LogP contribution is 2.40. The SMILES string of the molecule is COC(=O)C1CCN(C(=O)NN=C(C)c2csc(-c3ccc(Cl)c(Cl)c3)c2O)CC1. The molecule has 0 saturated carbocycles. The fourth-order valence-electron chi connectivity index (χ4n) is 3.20. The number of nitrogens with one attached hydrogen (secondary N) is 1. The lowest BCUT2D eigenvalue weighted by molar-refractivity contribution is -0.146. The van der Waals surface area contributed by atoms with E-state index in [4.69, 9.17) is 27.9 Å². The molecule has 30 heavy (non-hydrogen) atoms. The number of rotatable bonds is 4. The van der Waals surface area contributed by atoms with E-state index < -0.39 is 0 Å². The van der Waals surface area contributed by atoms with Gasteiger partial charge in [-0.3, -0.25) is 4.79 Å². The molecule has 2 amide bonds. The van der Waals surface area contributed by atoms with Crippen molar-refractivity contribution >= 4 is 52.3 Å². The van der Waals surface area contributed by atoms with Crippen molar-refractivity contribution in [1.82, 2.24) is 10.3 Å². The number of carbonyl (C=O) groups is 2. The smallest absolute Gasteiger partial charge is 0.337 e. The highest BCUT2D eigenvalue weighted by Gasteiger charge is 2.27. The first-order chi connectivity index (χ1) is 14.3. The third-order valence-corrected chi connectivity index (χ3v) is 6.73. The second kappa shape index (κ2) is 9.68. The molecule has 2 N–H and O–H groups in total. The molecule has 0 atom stereocenters. The number of hydrogen-bond acceptors (Lipinski definition) is 6. The minimum absolute atomic E-state index is 0.0628. The summed E-state index contributed by atoms with van der Waals surface area (Å²) in [6.07, 6.45) is 1.11. The third kappa shape index (κ3) is 4.88. The van der Waals surface area contributed by atoms with Crippen molar-refractivity contribution < 1.29 is 19.4 Å². The van der Waals surface area contributed by atoms with Gasteiger partial charge in [0, 0.05) is 18.5 Å². The van der Waals surface area contributed by atoms with E-state index in [2.05, 4.69) is 10.5 Å². The molecule has 1 aromatic carbocycles. The lowest BCUT2D eigenvalue weighted by atomic mass is 9.97. The summed E-state index contributed by atoms with van der Waals surface area (Å²) in [5, 5.41) is 17.3. The standard InChI is InChI=1S/C20H21Cl2N3O4S/c1-11(23-24-20(28)25-7-5-12(6-8-25)19(27)29-2)14-10-30-18(17(14)26)13-3-4-15(21)16(22)9-13/h3-4,9-10,12,26H,5-8H2,1-2H3,(H,24,28). The highest BCUT2D eigenvalue weighted by atomic mass is 35.5. The molecule has 3 rings (SSSR count). The maximum atomic E-state index is 12.4. The lowest BCUT2D eigenvalue weighted by Crippen LogP contribution is -2.44. The van der Waals surface area contributed by atoms with Gasteiger partial charge in [-0.05, 0) is 37.5 Å². The van der Waals surface area contributed by atoms with Crippen LogP contribution in [0.4, 0.5) is 4.79 Å². The van der Waals surface area contributed by atoms with Gasteiger partial charge in [0.05, 0.1) is 39.2 Å². The first kappa shape index (κ1) is 22.4. The van der Waals surface area contributed by atoms with E-state index >= 15 is 0 Å². The monoisotopic (exact) mass is 469 g/mol. The van der Waals surface area contributed by atoms with E-state index in [1.54, 1.807) is 35.4 Å². The normalized spacial score (nSPS) is 15.2. The number of ether oxygens (including phenoxy) is 1. The lowest BCUT2D eigenvalue weighted by Gasteiger charge is -2.30. The second-order valence-electron chi connectivity index (χ2n) is 6.85. The van der Waals surface area contributed by atoms with E-state index in [0.717, 1.165) is 5.56 Å². The maximum Gasteiger partial charge on any atom is 0.337 e. The number of methoxy groups -OCH3 is 1. The van der Waals surface area contributed by atoms with Crippen LogP contribution in [0.15, 0.2) is 28.7 Å². The summed E-state index contributed by atoms with van der Waals surface area (Å²) in [6.45, 7) is 2.60. The average molecular weight is 470 g/mol. The van der Waals surface area contributed by atoms with Gasteiger partial charge in [-0.15, -0.1) is 11.3 Å². The Hall–Kier alpha value is -2.29.